The van der Waals surface area contributed by atoms with Crippen LogP contribution in [-0.2, 0) is 13.1 Å². The van der Waals surface area contributed by atoms with Crippen LogP contribution in [0.5, 0.6) is 5.75 Å². The van der Waals surface area contributed by atoms with Crippen LogP contribution in [0.15, 0.2) is 12.1 Å². The van der Waals surface area contributed by atoms with Crippen molar-refractivity contribution in [2.75, 3.05) is 32.7 Å². The Balaban J connectivity index is 1.82. The van der Waals surface area contributed by atoms with Gasteiger partial charge < -0.3 is 10.4 Å². The number of amides is 1. The first kappa shape index (κ1) is 19.2. The molecule has 0 bridgehead atoms. The molecule has 2 fully saturated rings. The van der Waals surface area contributed by atoms with Crippen molar-refractivity contribution >= 4 is 5.91 Å². The quantitative estimate of drug-likeness (QED) is 0.786. The van der Waals surface area contributed by atoms with Gasteiger partial charge in [0.25, 0.3) is 5.91 Å². The van der Waals surface area contributed by atoms with Crippen LogP contribution in [0.4, 0.5) is 0 Å². The van der Waals surface area contributed by atoms with Gasteiger partial charge in [-0.2, -0.15) is 0 Å². The predicted octanol–water partition coefficient (Wildman–Crippen LogP) is 2.97. The minimum Gasteiger partial charge on any atom is -0.507 e. The van der Waals surface area contributed by atoms with E-state index in [0.29, 0.717) is 23.8 Å². The second-order valence-electron chi connectivity index (χ2n) is 8.21. The second kappa shape index (κ2) is 8.87. The molecule has 5 nitrogen and oxygen atoms in total. The van der Waals surface area contributed by atoms with Gasteiger partial charge in [-0.05, 0) is 69.9 Å². The Bertz CT molecular complexity index is 579. The number of nitrogens with zero attached hydrogens (tertiary/aromatic N) is 2. The molecular formula is C21H33N3O2. The third-order valence-electron chi connectivity index (χ3n) is 5.39. The van der Waals surface area contributed by atoms with Crippen molar-refractivity contribution in [1.82, 2.24) is 15.1 Å². The van der Waals surface area contributed by atoms with Gasteiger partial charge in [0.05, 0.1) is 0 Å². The van der Waals surface area contributed by atoms with E-state index < -0.39 is 0 Å². The van der Waals surface area contributed by atoms with Crippen molar-refractivity contribution in [2.24, 2.45) is 5.92 Å². The highest BCUT2D eigenvalue weighted by Gasteiger charge is 2.21. The fourth-order valence-corrected chi connectivity index (χ4v) is 3.89. The number of aromatic hydroxyl groups is 1. The van der Waals surface area contributed by atoms with E-state index in [2.05, 4.69) is 29.0 Å². The highest BCUT2D eigenvalue weighted by atomic mass is 16.3. The topological polar surface area (TPSA) is 55.8 Å². The highest BCUT2D eigenvalue weighted by molar-refractivity contribution is 5.94. The monoisotopic (exact) mass is 359 g/mol. The summed E-state index contributed by atoms with van der Waals surface area (Å²) in [5.74, 6) is 0.762. The molecule has 2 aliphatic rings. The number of nitrogens with one attached hydrogen (secondary N) is 1. The first-order valence-electron chi connectivity index (χ1n) is 10.1. The average molecular weight is 360 g/mol. The zero-order chi connectivity index (χ0) is 18.5. The minimum absolute atomic E-state index is 0.0379. The van der Waals surface area contributed by atoms with E-state index in [1.165, 1.54) is 25.7 Å². The second-order valence-corrected chi connectivity index (χ2v) is 8.21. The van der Waals surface area contributed by atoms with Crippen molar-refractivity contribution in [3.63, 3.8) is 0 Å². The van der Waals surface area contributed by atoms with Gasteiger partial charge in [0, 0.05) is 36.3 Å². The third kappa shape index (κ3) is 4.98. The Morgan fingerprint density at radius 3 is 1.88 bits per heavy atom. The van der Waals surface area contributed by atoms with Crippen LogP contribution in [0.25, 0.3) is 0 Å². The highest BCUT2D eigenvalue weighted by Crippen LogP contribution is 2.29. The Morgan fingerprint density at radius 1 is 1.00 bits per heavy atom. The fourth-order valence-electron chi connectivity index (χ4n) is 3.89. The number of carbonyl (C=O) groups is 1. The van der Waals surface area contributed by atoms with Crippen molar-refractivity contribution in [1.29, 1.82) is 0 Å². The molecule has 0 atom stereocenters. The first-order chi connectivity index (χ1) is 12.5. The van der Waals surface area contributed by atoms with Crippen LogP contribution < -0.4 is 5.32 Å². The van der Waals surface area contributed by atoms with Gasteiger partial charge in [-0.1, -0.05) is 13.8 Å². The molecule has 0 aliphatic carbocycles. The van der Waals surface area contributed by atoms with Crippen LogP contribution >= 0.6 is 0 Å². The summed E-state index contributed by atoms with van der Waals surface area (Å²) in [6, 6.07) is 3.77. The van der Waals surface area contributed by atoms with E-state index in [0.717, 1.165) is 50.4 Å². The molecule has 2 aliphatic heterocycles. The minimum atomic E-state index is -0.0379. The van der Waals surface area contributed by atoms with Crippen molar-refractivity contribution in [3.8, 4) is 5.75 Å². The zero-order valence-corrected chi connectivity index (χ0v) is 16.3. The summed E-state index contributed by atoms with van der Waals surface area (Å²) >= 11 is 0. The Hall–Kier alpha value is -1.59. The lowest BCUT2D eigenvalue weighted by Gasteiger charge is -2.21. The molecule has 5 heteroatoms. The molecule has 0 unspecified atom stereocenters. The lowest BCUT2D eigenvalue weighted by atomic mass is 10.0. The maximum Gasteiger partial charge on any atom is 0.251 e. The normalized spacial score (nSPS) is 18.7. The number of carbonyl (C=O) groups excluding carboxylic acids is 1. The number of phenols is 1. The summed E-state index contributed by atoms with van der Waals surface area (Å²) in [6.07, 6.45) is 4.87. The average Bonchev–Trinajstić information content (AvgIpc) is 3.30. The van der Waals surface area contributed by atoms with Gasteiger partial charge in [-0.25, -0.2) is 0 Å². The van der Waals surface area contributed by atoms with Crippen molar-refractivity contribution < 1.29 is 9.90 Å². The van der Waals surface area contributed by atoms with Crippen LogP contribution in [0.2, 0.25) is 0 Å². The molecule has 1 amide bonds. The molecule has 0 saturated carbocycles. The Labute approximate surface area is 157 Å². The fraction of sp³-hybridized carbons (Fsp3) is 0.667. The largest absolute Gasteiger partial charge is 0.507 e. The van der Waals surface area contributed by atoms with Crippen LogP contribution in [0, 0.1) is 5.92 Å². The molecule has 144 valence electrons. The number of rotatable bonds is 7. The smallest absolute Gasteiger partial charge is 0.251 e. The van der Waals surface area contributed by atoms with Gasteiger partial charge in [0.2, 0.25) is 0 Å². The van der Waals surface area contributed by atoms with E-state index in [1.54, 1.807) is 0 Å². The molecule has 2 N–H and O–H groups in total. The lowest BCUT2D eigenvalue weighted by molar-refractivity contribution is 0.0948. The van der Waals surface area contributed by atoms with Gasteiger partial charge >= 0.3 is 0 Å². The Morgan fingerprint density at radius 2 is 1.46 bits per heavy atom. The van der Waals surface area contributed by atoms with E-state index in [-0.39, 0.29) is 5.91 Å². The molecular weight excluding hydrogens is 326 g/mol. The summed E-state index contributed by atoms with van der Waals surface area (Å²) in [5.41, 5.74) is 2.45. The molecule has 26 heavy (non-hydrogen) atoms. The molecule has 0 aromatic heterocycles. The van der Waals surface area contributed by atoms with Crippen molar-refractivity contribution in [3.05, 3.63) is 28.8 Å². The van der Waals surface area contributed by atoms with Crippen molar-refractivity contribution in [2.45, 2.75) is 52.6 Å². The summed E-state index contributed by atoms with van der Waals surface area (Å²) in [4.78, 5) is 17.4. The van der Waals surface area contributed by atoms with Crippen LogP contribution in [0.1, 0.15) is 61.0 Å². The van der Waals surface area contributed by atoms with Crippen LogP contribution in [0.3, 0.4) is 0 Å². The summed E-state index contributed by atoms with van der Waals surface area (Å²) < 4.78 is 0. The lowest BCUT2D eigenvalue weighted by Crippen LogP contribution is -2.28. The SMILES string of the molecule is CC(C)CNC(=O)c1cc(CN2CCCC2)c(O)c(CN2CCCC2)c1. The number of hydrogen-bond donors (Lipinski definition) is 2. The summed E-state index contributed by atoms with van der Waals surface area (Å²) in [7, 11) is 0. The van der Waals surface area contributed by atoms with Gasteiger partial charge in [-0.3, -0.25) is 14.6 Å². The molecule has 3 rings (SSSR count). The molecule has 1 aromatic carbocycles. The standard InChI is InChI=1S/C21H33N3O2/c1-16(2)13-22-21(26)17-11-18(14-23-7-3-4-8-23)20(25)19(12-17)15-24-9-5-6-10-24/h11-12,16,25H,3-10,13-15H2,1-2H3,(H,22,26). The molecule has 0 radical (unpaired) electrons. The van der Waals surface area contributed by atoms with E-state index in [9.17, 15) is 9.90 Å². The number of benzene rings is 1. The third-order valence-corrected chi connectivity index (χ3v) is 5.39. The van der Waals surface area contributed by atoms with E-state index in [1.807, 2.05) is 12.1 Å². The van der Waals surface area contributed by atoms with E-state index >= 15 is 0 Å². The first-order valence-corrected chi connectivity index (χ1v) is 10.1. The van der Waals surface area contributed by atoms with Gasteiger partial charge in [0.15, 0.2) is 0 Å². The summed E-state index contributed by atoms with van der Waals surface area (Å²) in [6.45, 7) is 10.6. The van der Waals surface area contributed by atoms with E-state index in [4.69, 9.17) is 0 Å². The predicted molar refractivity (Wildman–Crippen MR) is 104 cm³/mol. The molecule has 2 heterocycles. The maximum atomic E-state index is 12.6. The summed E-state index contributed by atoms with van der Waals surface area (Å²) in [5, 5.41) is 13.9. The van der Waals surface area contributed by atoms with Gasteiger partial charge in [0.1, 0.15) is 5.75 Å². The molecule has 1 aromatic rings. The molecule has 0 spiro atoms. The van der Waals surface area contributed by atoms with Gasteiger partial charge in [-0.15, -0.1) is 0 Å². The zero-order valence-electron chi connectivity index (χ0n) is 16.3. The molecule has 2 saturated heterocycles. The number of hydrogen-bond acceptors (Lipinski definition) is 4. The Kier molecular flexibility index (Phi) is 6.54. The number of likely N-dealkylation sites (tertiary alicyclic amines) is 2. The maximum absolute atomic E-state index is 12.6. The van der Waals surface area contributed by atoms with Crippen LogP contribution in [-0.4, -0.2) is 53.5 Å². The number of phenolic OH excluding ortho intramolecular Hbond substituents is 1.